The van der Waals surface area contributed by atoms with E-state index in [4.69, 9.17) is 14.4 Å². The van der Waals surface area contributed by atoms with E-state index in [0.29, 0.717) is 5.82 Å². The molecule has 2 aliphatic rings. The van der Waals surface area contributed by atoms with E-state index in [9.17, 15) is 14.0 Å². The first-order chi connectivity index (χ1) is 16.8. The van der Waals surface area contributed by atoms with Crippen LogP contribution in [0.3, 0.4) is 0 Å². The van der Waals surface area contributed by atoms with E-state index in [1.807, 2.05) is 52.0 Å². The van der Waals surface area contributed by atoms with Gasteiger partial charge in [0.2, 0.25) is 5.91 Å². The van der Waals surface area contributed by atoms with Crippen molar-refractivity contribution in [1.29, 1.82) is 0 Å². The summed E-state index contributed by atoms with van der Waals surface area (Å²) < 4.78 is 26.7. The molecule has 4 rings (SSSR count). The Morgan fingerprint density at radius 3 is 2.36 bits per heavy atom. The molecule has 3 heterocycles. The number of halogens is 1. The summed E-state index contributed by atoms with van der Waals surface area (Å²) in [5, 5.41) is 11.4. The smallest absolute Gasteiger partial charge is 0.465 e. The number of carbonyl (C=O) groups excluding carboxylic acids is 1. The number of aromatic amines is 1. The van der Waals surface area contributed by atoms with Crippen molar-refractivity contribution in [1.82, 2.24) is 20.2 Å². The fraction of sp³-hybridized carbons (Fsp3) is 0.560. The molecule has 2 aliphatic heterocycles. The van der Waals surface area contributed by atoms with E-state index in [-0.39, 0.29) is 18.9 Å². The van der Waals surface area contributed by atoms with Crippen LogP contribution in [0.5, 0.6) is 0 Å². The Bertz CT molecular complexity index is 1100. The second-order valence-electron chi connectivity index (χ2n) is 10.9. The van der Waals surface area contributed by atoms with E-state index >= 15 is 0 Å². The Balaban J connectivity index is 1.51. The number of nitrogens with zero attached hydrogens (tertiary/aromatic N) is 2. The number of H-pyrrole nitrogens is 1. The molecule has 2 aromatic rings. The van der Waals surface area contributed by atoms with Crippen LogP contribution in [-0.4, -0.2) is 69.1 Å². The van der Waals surface area contributed by atoms with Crippen molar-refractivity contribution in [2.75, 3.05) is 6.54 Å². The molecular formula is C25H34BFN4O5. The maximum Gasteiger partial charge on any atom is 0.494 e. The van der Waals surface area contributed by atoms with Crippen LogP contribution in [0.25, 0.3) is 11.3 Å². The molecule has 3 N–H and O–H groups in total. The van der Waals surface area contributed by atoms with Crippen molar-refractivity contribution in [3.63, 3.8) is 0 Å². The molecule has 36 heavy (non-hydrogen) atoms. The molecule has 2 amide bonds. The molecule has 0 bridgehead atoms. The molecule has 11 heteroatoms. The lowest BCUT2D eigenvalue weighted by atomic mass is 9.79. The largest absolute Gasteiger partial charge is 0.494 e. The van der Waals surface area contributed by atoms with Crippen LogP contribution in [0.4, 0.5) is 9.18 Å². The quantitative estimate of drug-likeness (QED) is 0.525. The minimum absolute atomic E-state index is 0.0947. The van der Waals surface area contributed by atoms with Crippen LogP contribution in [-0.2, 0) is 14.1 Å². The summed E-state index contributed by atoms with van der Waals surface area (Å²) in [6, 6.07) is 6.16. The maximum atomic E-state index is 14.4. The highest BCUT2D eigenvalue weighted by Crippen LogP contribution is 2.37. The van der Waals surface area contributed by atoms with Crippen molar-refractivity contribution in [2.24, 2.45) is 5.92 Å². The van der Waals surface area contributed by atoms with Gasteiger partial charge in [-0.2, -0.15) is 0 Å². The van der Waals surface area contributed by atoms with Crippen LogP contribution in [0.2, 0.25) is 0 Å². The summed E-state index contributed by atoms with van der Waals surface area (Å²) in [5.41, 5.74) is 1.64. The third kappa shape index (κ3) is 4.99. The first-order valence-corrected chi connectivity index (χ1v) is 12.2. The molecule has 1 aromatic heterocycles. The molecule has 2 fully saturated rings. The fourth-order valence-corrected chi connectivity index (χ4v) is 4.56. The number of hydrogen-bond acceptors (Lipinski definition) is 5. The number of aromatic nitrogens is 2. The van der Waals surface area contributed by atoms with Gasteiger partial charge in [-0.15, -0.1) is 0 Å². The first kappa shape index (κ1) is 26.2. The van der Waals surface area contributed by atoms with E-state index < -0.39 is 48.6 Å². The molecule has 0 spiro atoms. The second-order valence-corrected chi connectivity index (χ2v) is 10.9. The summed E-state index contributed by atoms with van der Waals surface area (Å²) in [4.78, 5) is 33.4. The molecule has 2 saturated heterocycles. The Morgan fingerprint density at radius 1 is 1.19 bits per heavy atom. The van der Waals surface area contributed by atoms with Crippen molar-refractivity contribution >= 4 is 24.6 Å². The first-order valence-electron chi connectivity index (χ1n) is 12.2. The average Bonchev–Trinajstić information content (AvgIpc) is 3.47. The summed E-state index contributed by atoms with van der Waals surface area (Å²) in [5.74, 6) is -0.281. The third-order valence-electron chi connectivity index (χ3n) is 7.40. The fourth-order valence-electron chi connectivity index (χ4n) is 4.56. The van der Waals surface area contributed by atoms with E-state index in [1.54, 1.807) is 20.0 Å². The van der Waals surface area contributed by atoms with Gasteiger partial charge < -0.3 is 29.6 Å². The number of amides is 2. The summed E-state index contributed by atoms with van der Waals surface area (Å²) in [6.45, 7) is 11.4. The third-order valence-corrected chi connectivity index (χ3v) is 7.40. The van der Waals surface area contributed by atoms with Crippen LogP contribution in [0, 0.1) is 5.92 Å². The predicted molar refractivity (Wildman–Crippen MR) is 133 cm³/mol. The number of hydrogen-bond donors (Lipinski definition) is 3. The summed E-state index contributed by atoms with van der Waals surface area (Å²) in [7, 11) is -0.464. The highest BCUT2D eigenvalue weighted by atomic mass is 19.1. The van der Waals surface area contributed by atoms with Crippen LogP contribution < -0.4 is 10.8 Å². The van der Waals surface area contributed by atoms with Gasteiger partial charge in [-0.3, -0.25) is 4.79 Å². The number of rotatable bonds is 6. The van der Waals surface area contributed by atoms with E-state index in [2.05, 4.69) is 15.3 Å². The van der Waals surface area contributed by atoms with E-state index in [1.165, 1.54) is 4.90 Å². The molecular weight excluding hydrogens is 466 g/mol. The Labute approximate surface area is 210 Å². The van der Waals surface area contributed by atoms with Gasteiger partial charge >= 0.3 is 13.2 Å². The van der Waals surface area contributed by atoms with Crippen LogP contribution >= 0.6 is 0 Å². The number of alkyl halides is 1. The molecule has 0 unspecified atom stereocenters. The molecule has 0 radical (unpaired) electrons. The lowest BCUT2D eigenvalue weighted by molar-refractivity contribution is -0.135. The number of nitrogens with one attached hydrogen (secondary N) is 2. The Hall–Kier alpha value is -2.92. The zero-order valence-electron chi connectivity index (χ0n) is 21.5. The van der Waals surface area contributed by atoms with Gasteiger partial charge in [-0.25, -0.2) is 14.2 Å². The summed E-state index contributed by atoms with van der Waals surface area (Å²) >= 11 is 0. The highest BCUT2D eigenvalue weighted by Gasteiger charge is 2.51. The number of carbonyl (C=O) groups is 2. The average molecular weight is 500 g/mol. The molecule has 0 saturated carbocycles. The SMILES string of the molecule is CC(C)[C@H](NC(=O)O)C(=O)N1C[C@@H](F)C[C@H]1c1ncc(-c2ccc(B3OC(C)(C)C(C)(C)O3)cc2)[nH]1. The molecule has 1 aromatic carbocycles. The second kappa shape index (κ2) is 9.51. The molecule has 3 atom stereocenters. The Kier molecular flexibility index (Phi) is 6.91. The lowest BCUT2D eigenvalue weighted by Crippen LogP contribution is -2.51. The monoisotopic (exact) mass is 500 g/mol. The number of imidazole rings is 1. The molecule has 194 valence electrons. The number of likely N-dealkylation sites (tertiary alicyclic amines) is 1. The molecule has 0 aliphatic carbocycles. The lowest BCUT2D eigenvalue weighted by Gasteiger charge is -2.32. The van der Waals surface area contributed by atoms with Crippen molar-refractivity contribution in [3.05, 3.63) is 36.3 Å². The Morgan fingerprint density at radius 2 is 1.81 bits per heavy atom. The topological polar surface area (TPSA) is 117 Å². The standard InChI is InChI=1S/C25H34BFN4O5/c1-14(2)20(30-23(33)34)22(32)31-13-17(27)11-19(31)21-28-12-18(29-21)15-7-9-16(10-8-15)26-35-24(3,4)25(5,6)36-26/h7-10,12,14,17,19-20,30H,11,13H2,1-6H3,(H,28,29)(H,33,34)/t17-,19-,20-/m0/s1. The normalized spacial score (nSPS) is 23.8. The minimum Gasteiger partial charge on any atom is -0.465 e. The van der Waals surface area contributed by atoms with Gasteiger partial charge in [-0.1, -0.05) is 38.1 Å². The highest BCUT2D eigenvalue weighted by molar-refractivity contribution is 6.62. The van der Waals surface area contributed by atoms with Gasteiger partial charge in [0.1, 0.15) is 18.0 Å². The number of carboxylic acid groups (broad SMARTS) is 1. The van der Waals surface area contributed by atoms with Gasteiger partial charge in [0.05, 0.1) is 35.7 Å². The van der Waals surface area contributed by atoms with Crippen LogP contribution in [0.1, 0.15) is 59.8 Å². The number of benzene rings is 1. The van der Waals surface area contributed by atoms with Gasteiger partial charge in [0.25, 0.3) is 0 Å². The van der Waals surface area contributed by atoms with Gasteiger partial charge in [-0.05, 0) is 44.6 Å². The van der Waals surface area contributed by atoms with Gasteiger partial charge in [0, 0.05) is 6.42 Å². The molecule has 9 nitrogen and oxygen atoms in total. The predicted octanol–water partition coefficient (Wildman–Crippen LogP) is 3.28. The minimum atomic E-state index is -1.29. The zero-order chi connectivity index (χ0) is 26.4. The van der Waals surface area contributed by atoms with Gasteiger partial charge in [0.15, 0.2) is 0 Å². The summed E-state index contributed by atoms with van der Waals surface area (Å²) in [6.07, 6.45) is -0.761. The van der Waals surface area contributed by atoms with Crippen molar-refractivity contribution in [3.8, 4) is 11.3 Å². The van der Waals surface area contributed by atoms with E-state index in [0.717, 1.165) is 16.7 Å². The van der Waals surface area contributed by atoms with Crippen molar-refractivity contribution < 1.29 is 28.4 Å². The zero-order valence-corrected chi connectivity index (χ0v) is 21.5. The van der Waals surface area contributed by atoms with Crippen molar-refractivity contribution in [2.45, 2.75) is 77.4 Å². The van der Waals surface area contributed by atoms with Crippen LogP contribution in [0.15, 0.2) is 30.5 Å². The maximum absolute atomic E-state index is 14.4.